The maximum absolute atomic E-state index is 12.8. The molecular formula is C26H49N7O10. The molecule has 2 fully saturated rings. The molecule has 0 aromatic rings. The summed E-state index contributed by atoms with van der Waals surface area (Å²) in [4.78, 5) is 25.3. The van der Waals surface area contributed by atoms with Gasteiger partial charge in [0.1, 0.15) is 41.9 Å². The van der Waals surface area contributed by atoms with Gasteiger partial charge in [-0.15, -0.1) is 0 Å². The van der Waals surface area contributed by atoms with Crippen LogP contribution in [0.2, 0.25) is 0 Å². The maximum Gasteiger partial charge on any atom is 0.250 e. The van der Waals surface area contributed by atoms with Gasteiger partial charge in [-0.3, -0.25) is 9.59 Å². The Morgan fingerprint density at radius 3 is 2.37 bits per heavy atom. The quantitative estimate of drug-likeness (QED) is 0.0967. The highest BCUT2D eigenvalue weighted by Crippen LogP contribution is 2.37. The molecular weight excluding hydrogens is 570 g/mol. The number of nitrogens with one attached hydrogen (secondary N) is 3. The highest BCUT2D eigenvalue weighted by Gasteiger charge is 2.54. The van der Waals surface area contributed by atoms with Crippen LogP contribution in [0.4, 0.5) is 0 Å². The number of amides is 2. The first-order valence-corrected chi connectivity index (χ1v) is 14.5. The van der Waals surface area contributed by atoms with Crippen molar-refractivity contribution >= 4 is 11.8 Å². The van der Waals surface area contributed by atoms with E-state index in [9.17, 15) is 35.1 Å². The van der Waals surface area contributed by atoms with E-state index in [1.54, 1.807) is 13.1 Å². The summed E-state index contributed by atoms with van der Waals surface area (Å²) in [5, 5.41) is 61.9. The summed E-state index contributed by atoms with van der Waals surface area (Å²) in [6, 6.07) is -3.42. The fourth-order valence-corrected chi connectivity index (χ4v) is 6.04. The predicted octanol–water partition coefficient (Wildman–Crippen LogP) is -6.23. The summed E-state index contributed by atoms with van der Waals surface area (Å²) in [6.07, 6.45) is -7.38. The van der Waals surface area contributed by atoms with Crippen LogP contribution in [0.25, 0.3) is 0 Å². The molecule has 2 aliphatic heterocycles. The molecule has 17 nitrogen and oxygen atoms in total. The van der Waals surface area contributed by atoms with E-state index in [-0.39, 0.29) is 45.5 Å². The normalized spacial score (nSPS) is 39.7. The molecule has 2 heterocycles. The van der Waals surface area contributed by atoms with Gasteiger partial charge in [0.2, 0.25) is 5.91 Å². The van der Waals surface area contributed by atoms with Gasteiger partial charge >= 0.3 is 0 Å². The van der Waals surface area contributed by atoms with Crippen LogP contribution in [0.15, 0.2) is 11.8 Å². The van der Waals surface area contributed by atoms with Crippen LogP contribution < -0.4 is 38.9 Å². The van der Waals surface area contributed by atoms with Gasteiger partial charge in [-0.1, -0.05) is 0 Å². The lowest BCUT2D eigenvalue weighted by atomic mass is 9.72. The van der Waals surface area contributed by atoms with Crippen molar-refractivity contribution in [3.8, 4) is 0 Å². The number of carbonyl (C=O) groups is 2. The first-order valence-electron chi connectivity index (χ1n) is 14.5. The fraction of sp³-hybridized carbons (Fsp3) is 0.846. The van der Waals surface area contributed by atoms with Crippen molar-refractivity contribution in [3.05, 3.63) is 11.8 Å². The minimum atomic E-state index is -1.48. The molecule has 0 spiro atoms. The van der Waals surface area contributed by atoms with Crippen molar-refractivity contribution in [2.24, 2.45) is 28.9 Å². The Morgan fingerprint density at radius 2 is 1.77 bits per heavy atom. The summed E-state index contributed by atoms with van der Waals surface area (Å²) in [6.45, 7) is 1.05. The van der Waals surface area contributed by atoms with Gasteiger partial charge in [0, 0.05) is 18.5 Å². The third-order valence-electron chi connectivity index (χ3n) is 8.37. The molecule has 1 saturated carbocycles. The maximum atomic E-state index is 12.8. The molecule has 16 N–H and O–H groups in total. The summed E-state index contributed by atoms with van der Waals surface area (Å²) in [5.74, 6) is -2.02. The second kappa shape index (κ2) is 15.3. The SMILES string of the molecule is CN[C@@H]1[C@@H](O)[C@@H](O[C@@H]2[C@@H](O)[C@H](C3OC(CN)=CC[C@H]3NC(=O)C(O)CN)[C@@H](N)C[C@H]2NC(=O)[C@@H](O)CCN)OC[C@]1(C)O. The lowest BCUT2D eigenvalue weighted by Gasteiger charge is -2.51. The first-order chi connectivity index (χ1) is 20.3. The van der Waals surface area contributed by atoms with Crippen LogP contribution in [0.1, 0.15) is 26.2 Å². The van der Waals surface area contributed by atoms with Gasteiger partial charge < -0.3 is 78.6 Å². The molecule has 1 saturated heterocycles. The van der Waals surface area contributed by atoms with Crippen molar-refractivity contribution in [3.63, 3.8) is 0 Å². The van der Waals surface area contributed by atoms with Crippen LogP contribution in [0, 0.1) is 5.92 Å². The molecule has 0 bridgehead atoms. The van der Waals surface area contributed by atoms with Gasteiger partial charge in [-0.2, -0.15) is 0 Å². The van der Waals surface area contributed by atoms with Crippen molar-refractivity contribution in [2.45, 2.75) is 98.9 Å². The van der Waals surface area contributed by atoms with Crippen LogP contribution >= 0.6 is 0 Å². The topological polar surface area (TPSA) is 303 Å². The molecule has 3 rings (SSSR count). The zero-order chi connectivity index (χ0) is 32.1. The number of nitrogens with two attached hydrogens (primary N) is 4. The van der Waals surface area contributed by atoms with E-state index in [1.807, 2.05) is 0 Å². The minimum Gasteiger partial charge on any atom is -0.491 e. The average molecular weight is 620 g/mol. The van der Waals surface area contributed by atoms with E-state index >= 15 is 0 Å². The lowest BCUT2D eigenvalue weighted by Crippen LogP contribution is -2.70. The van der Waals surface area contributed by atoms with E-state index < -0.39 is 90.4 Å². The molecule has 17 heteroatoms. The van der Waals surface area contributed by atoms with Gasteiger partial charge in [-0.25, -0.2) is 0 Å². The summed E-state index contributed by atoms with van der Waals surface area (Å²) < 4.78 is 17.9. The molecule has 0 aromatic carbocycles. The number of carbonyl (C=O) groups excluding carboxylic acids is 2. The minimum absolute atomic E-state index is 0.00909. The number of hydrogen-bond acceptors (Lipinski definition) is 15. The lowest BCUT2D eigenvalue weighted by molar-refractivity contribution is -0.297. The highest BCUT2D eigenvalue weighted by atomic mass is 16.7. The van der Waals surface area contributed by atoms with Gasteiger partial charge in [0.15, 0.2) is 6.29 Å². The Bertz CT molecular complexity index is 975. The van der Waals surface area contributed by atoms with Crippen molar-refractivity contribution in [1.82, 2.24) is 16.0 Å². The van der Waals surface area contributed by atoms with E-state index in [0.717, 1.165) is 0 Å². The Labute approximate surface area is 250 Å². The van der Waals surface area contributed by atoms with E-state index in [1.165, 1.54) is 6.92 Å². The van der Waals surface area contributed by atoms with Crippen molar-refractivity contribution < 1.29 is 49.3 Å². The van der Waals surface area contributed by atoms with Crippen LogP contribution in [-0.4, -0.2) is 143 Å². The van der Waals surface area contributed by atoms with Crippen LogP contribution in [0.5, 0.6) is 0 Å². The third-order valence-corrected chi connectivity index (χ3v) is 8.37. The van der Waals surface area contributed by atoms with Crippen molar-refractivity contribution in [2.75, 3.05) is 33.3 Å². The van der Waals surface area contributed by atoms with E-state index in [2.05, 4.69) is 16.0 Å². The van der Waals surface area contributed by atoms with Crippen molar-refractivity contribution in [1.29, 1.82) is 0 Å². The Balaban J connectivity index is 1.94. The summed E-state index contributed by atoms with van der Waals surface area (Å²) in [5.41, 5.74) is 21.9. The predicted molar refractivity (Wildman–Crippen MR) is 151 cm³/mol. The smallest absolute Gasteiger partial charge is 0.250 e. The van der Waals surface area contributed by atoms with Crippen LogP contribution in [-0.2, 0) is 23.8 Å². The molecule has 2 unspecified atom stereocenters. The zero-order valence-corrected chi connectivity index (χ0v) is 24.5. The molecule has 1 aliphatic carbocycles. The number of aliphatic hydroxyl groups is 5. The molecule has 43 heavy (non-hydrogen) atoms. The second-order valence-electron chi connectivity index (χ2n) is 11.6. The molecule has 248 valence electrons. The summed E-state index contributed by atoms with van der Waals surface area (Å²) >= 11 is 0. The third kappa shape index (κ3) is 8.19. The average Bonchev–Trinajstić information content (AvgIpc) is 2.96. The monoisotopic (exact) mass is 619 g/mol. The molecule has 0 radical (unpaired) electrons. The Hall–Kier alpha value is -2.00. The van der Waals surface area contributed by atoms with Crippen LogP contribution in [0.3, 0.4) is 0 Å². The number of likely N-dealkylation sites (N-methyl/N-ethyl adjacent to an activating group) is 1. The molecule has 3 aliphatic rings. The van der Waals surface area contributed by atoms with E-state index in [4.69, 9.17) is 37.1 Å². The molecule has 13 atom stereocenters. The van der Waals surface area contributed by atoms with E-state index in [0.29, 0.717) is 5.76 Å². The Morgan fingerprint density at radius 1 is 1.12 bits per heavy atom. The zero-order valence-electron chi connectivity index (χ0n) is 24.5. The number of hydrogen-bond donors (Lipinski definition) is 12. The second-order valence-corrected chi connectivity index (χ2v) is 11.6. The van der Waals surface area contributed by atoms with Gasteiger partial charge in [0.25, 0.3) is 5.91 Å². The summed E-state index contributed by atoms with van der Waals surface area (Å²) in [7, 11) is 1.55. The van der Waals surface area contributed by atoms with Gasteiger partial charge in [0.05, 0.1) is 37.4 Å². The Kier molecular flexibility index (Phi) is 12.6. The highest BCUT2D eigenvalue weighted by molar-refractivity contribution is 5.81. The number of aliphatic hydroxyl groups excluding tert-OH is 4. The standard InChI is InChI=1S/C26H49N7O10/c1-26(40)10-41-25(19(37)22(26)31-2)43-21-14(33-23(38)15(34)5-6-27)7-12(30)17(18(21)36)20-13(4-3-11(8-28)42-20)32-24(39)16(35)9-29/h3,12-22,25,31,34-37,40H,4-10,27-30H2,1-2H3,(H,32,39)(H,33,38)/t12-,13+,14+,15-,16?,17+,18-,19+,20?,21-,22+,25+,26-/m0/s1. The number of rotatable bonds is 12. The largest absolute Gasteiger partial charge is 0.491 e. The molecule has 0 aromatic heterocycles. The fourth-order valence-electron chi connectivity index (χ4n) is 6.04. The number of ether oxygens (including phenoxy) is 3. The van der Waals surface area contributed by atoms with Gasteiger partial charge in [-0.05, 0) is 45.9 Å². The molecule has 2 amide bonds. The first kappa shape index (κ1) is 35.5.